The molecule has 0 spiro atoms. The van der Waals surface area contributed by atoms with Crippen LogP contribution in [-0.2, 0) is 17.6 Å². The van der Waals surface area contributed by atoms with E-state index in [4.69, 9.17) is 0 Å². The normalized spacial score (nSPS) is 16.1. The van der Waals surface area contributed by atoms with Gasteiger partial charge in [0.2, 0.25) is 5.60 Å². The average Bonchev–Trinajstić information content (AvgIpc) is 2.71. The van der Waals surface area contributed by atoms with Crippen molar-refractivity contribution in [3.63, 3.8) is 0 Å². The molecule has 2 aromatic carbocycles. The third kappa shape index (κ3) is 3.10. The van der Waals surface area contributed by atoms with Crippen molar-refractivity contribution in [1.82, 2.24) is 0 Å². The minimum absolute atomic E-state index is 0.0945. The Morgan fingerprint density at radius 3 is 2.35 bits per heavy atom. The number of hydrogen-bond acceptors (Lipinski definition) is 3. The number of nitrogens with one attached hydrogen (secondary N) is 1. The predicted molar refractivity (Wildman–Crippen MR) is 89.0 cm³/mol. The van der Waals surface area contributed by atoms with E-state index >= 15 is 0 Å². The molecule has 2 N–H and O–H groups in total. The van der Waals surface area contributed by atoms with Crippen molar-refractivity contribution in [2.24, 2.45) is 0 Å². The molecule has 0 heterocycles. The van der Waals surface area contributed by atoms with E-state index in [1.54, 1.807) is 12.1 Å². The molecule has 26 heavy (non-hydrogen) atoms. The van der Waals surface area contributed by atoms with Gasteiger partial charge in [-0.3, -0.25) is 9.59 Å². The van der Waals surface area contributed by atoms with E-state index in [2.05, 4.69) is 5.32 Å². The van der Waals surface area contributed by atoms with Gasteiger partial charge in [0.15, 0.2) is 5.78 Å². The highest BCUT2D eigenvalue weighted by molar-refractivity contribution is 6.11. The molecule has 1 aliphatic rings. The maximum Gasteiger partial charge on any atom is 0.426 e. The van der Waals surface area contributed by atoms with Gasteiger partial charge >= 0.3 is 6.18 Å². The fourth-order valence-electron chi connectivity index (χ4n) is 2.86. The Bertz CT molecular complexity index is 888. The molecule has 0 fully saturated rings. The second-order valence-electron chi connectivity index (χ2n) is 6.38. The standard InChI is InChI=1S/C19H16F3NO3/c1-18(26,19(20,21)22)17(25)23-13-8-9-15-12(10-13)7-6-11-4-2-3-5-14(11)16(15)24/h2-5,8-10,26H,6-7H2,1H3,(H,23,25). The van der Waals surface area contributed by atoms with Crippen LogP contribution in [0, 0.1) is 0 Å². The third-order valence-corrected chi connectivity index (χ3v) is 4.53. The summed E-state index contributed by atoms with van der Waals surface area (Å²) in [5, 5.41) is 11.5. The smallest absolute Gasteiger partial charge is 0.373 e. The summed E-state index contributed by atoms with van der Waals surface area (Å²) in [6, 6.07) is 11.5. The summed E-state index contributed by atoms with van der Waals surface area (Å²) in [5.41, 5.74) is -0.822. The molecule has 1 unspecified atom stereocenters. The highest BCUT2D eigenvalue weighted by atomic mass is 19.4. The number of carbonyl (C=O) groups is 2. The molecule has 1 aliphatic carbocycles. The molecule has 2 aromatic rings. The molecule has 4 nitrogen and oxygen atoms in total. The van der Waals surface area contributed by atoms with Gasteiger partial charge in [-0.25, -0.2) is 0 Å². The van der Waals surface area contributed by atoms with Gasteiger partial charge in [-0.2, -0.15) is 13.2 Å². The molecule has 1 atom stereocenters. The maximum atomic E-state index is 12.8. The number of carbonyl (C=O) groups excluding carboxylic acids is 2. The third-order valence-electron chi connectivity index (χ3n) is 4.53. The van der Waals surface area contributed by atoms with Crippen molar-refractivity contribution in [1.29, 1.82) is 0 Å². The first-order valence-electron chi connectivity index (χ1n) is 7.97. The van der Waals surface area contributed by atoms with Crippen molar-refractivity contribution in [3.8, 4) is 0 Å². The van der Waals surface area contributed by atoms with Crippen molar-refractivity contribution in [2.45, 2.75) is 31.5 Å². The van der Waals surface area contributed by atoms with Crippen molar-refractivity contribution >= 4 is 17.4 Å². The van der Waals surface area contributed by atoms with E-state index in [9.17, 15) is 27.9 Å². The minimum Gasteiger partial charge on any atom is -0.373 e. The topological polar surface area (TPSA) is 66.4 Å². The summed E-state index contributed by atoms with van der Waals surface area (Å²) in [6.07, 6.45) is -3.98. The summed E-state index contributed by atoms with van der Waals surface area (Å²) in [6.45, 7) is 0.395. The fourth-order valence-corrected chi connectivity index (χ4v) is 2.86. The first-order chi connectivity index (χ1) is 12.1. The predicted octanol–water partition coefficient (Wildman–Crippen LogP) is 3.27. The van der Waals surface area contributed by atoms with Crippen LogP contribution in [0.25, 0.3) is 0 Å². The highest BCUT2D eigenvalue weighted by Crippen LogP contribution is 2.32. The highest BCUT2D eigenvalue weighted by Gasteiger charge is 2.55. The van der Waals surface area contributed by atoms with Gasteiger partial charge in [-0.15, -0.1) is 0 Å². The Hall–Kier alpha value is -2.67. The lowest BCUT2D eigenvalue weighted by Crippen LogP contribution is -2.52. The van der Waals surface area contributed by atoms with Crippen LogP contribution in [0.15, 0.2) is 42.5 Å². The first-order valence-corrected chi connectivity index (χ1v) is 7.97. The zero-order valence-electron chi connectivity index (χ0n) is 13.9. The summed E-state index contributed by atoms with van der Waals surface area (Å²) in [5.74, 6) is -1.73. The number of alkyl halides is 3. The summed E-state index contributed by atoms with van der Waals surface area (Å²) < 4.78 is 38.3. The Kier molecular flexibility index (Phi) is 4.36. The van der Waals surface area contributed by atoms with Crippen molar-refractivity contribution in [3.05, 3.63) is 64.7 Å². The number of benzene rings is 2. The molecular formula is C19H16F3NO3. The zero-order chi connectivity index (χ0) is 19.1. The maximum absolute atomic E-state index is 12.8. The zero-order valence-corrected chi connectivity index (χ0v) is 13.9. The average molecular weight is 363 g/mol. The van der Waals surface area contributed by atoms with Crippen LogP contribution >= 0.6 is 0 Å². The van der Waals surface area contributed by atoms with Crippen LogP contribution in [0.3, 0.4) is 0 Å². The molecule has 0 aromatic heterocycles. The molecule has 0 aliphatic heterocycles. The van der Waals surface area contributed by atoms with E-state index in [0.717, 1.165) is 5.56 Å². The van der Waals surface area contributed by atoms with E-state index in [0.29, 0.717) is 36.5 Å². The second kappa shape index (κ2) is 6.25. The Balaban J connectivity index is 1.89. The van der Waals surface area contributed by atoms with Gasteiger partial charge in [0.05, 0.1) is 0 Å². The number of rotatable bonds is 2. The quantitative estimate of drug-likeness (QED) is 0.861. The van der Waals surface area contributed by atoms with Gasteiger partial charge in [0, 0.05) is 16.8 Å². The van der Waals surface area contributed by atoms with E-state index in [1.807, 2.05) is 12.1 Å². The lowest BCUT2D eigenvalue weighted by molar-refractivity contribution is -0.242. The minimum atomic E-state index is -5.10. The largest absolute Gasteiger partial charge is 0.426 e. The number of amides is 1. The van der Waals surface area contributed by atoms with Gasteiger partial charge in [-0.1, -0.05) is 24.3 Å². The van der Waals surface area contributed by atoms with E-state index in [1.165, 1.54) is 18.2 Å². The molecule has 1 amide bonds. The van der Waals surface area contributed by atoms with Crippen LogP contribution in [0.1, 0.15) is 34.0 Å². The number of halogens is 3. The number of hydrogen-bond donors (Lipinski definition) is 2. The number of anilines is 1. The van der Waals surface area contributed by atoms with Crippen LogP contribution in [0.4, 0.5) is 18.9 Å². The van der Waals surface area contributed by atoms with Crippen molar-refractivity contribution in [2.75, 3.05) is 5.32 Å². The van der Waals surface area contributed by atoms with Crippen LogP contribution < -0.4 is 5.32 Å². The molecule has 0 saturated carbocycles. The lowest BCUT2D eigenvalue weighted by atomic mass is 9.98. The fraction of sp³-hybridized carbons (Fsp3) is 0.263. The molecular weight excluding hydrogens is 347 g/mol. The van der Waals surface area contributed by atoms with Crippen LogP contribution in [0.2, 0.25) is 0 Å². The van der Waals surface area contributed by atoms with Gasteiger partial charge in [-0.05, 0) is 49.1 Å². The Morgan fingerprint density at radius 1 is 1.04 bits per heavy atom. The van der Waals surface area contributed by atoms with Gasteiger partial charge < -0.3 is 10.4 Å². The van der Waals surface area contributed by atoms with Crippen molar-refractivity contribution < 1.29 is 27.9 Å². The van der Waals surface area contributed by atoms with Gasteiger partial charge in [0.1, 0.15) is 0 Å². The number of aryl methyl sites for hydroxylation is 2. The second-order valence-corrected chi connectivity index (χ2v) is 6.38. The number of ketones is 1. The molecule has 0 bridgehead atoms. The van der Waals surface area contributed by atoms with E-state index < -0.39 is 17.7 Å². The van der Waals surface area contributed by atoms with Crippen LogP contribution in [0.5, 0.6) is 0 Å². The molecule has 3 rings (SSSR count). The first kappa shape index (κ1) is 18.1. The van der Waals surface area contributed by atoms with Gasteiger partial charge in [0.25, 0.3) is 5.91 Å². The monoisotopic (exact) mass is 363 g/mol. The number of fused-ring (bicyclic) bond motifs is 2. The summed E-state index contributed by atoms with van der Waals surface area (Å²) >= 11 is 0. The molecule has 7 heteroatoms. The number of aliphatic hydroxyl groups is 1. The molecule has 0 saturated heterocycles. The lowest BCUT2D eigenvalue weighted by Gasteiger charge is -2.25. The Labute approximate surface area is 147 Å². The summed E-state index contributed by atoms with van der Waals surface area (Å²) in [7, 11) is 0. The van der Waals surface area contributed by atoms with Crippen LogP contribution in [-0.4, -0.2) is 28.6 Å². The summed E-state index contributed by atoms with van der Waals surface area (Å²) in [4.78, 5) is 24.5. The SMILES string of the molecule is CC(O)(C(=O)Nc1ccc2c(c1)CCc1ccccc1C2=O)C(F)(F)F. The molecule has 136 valence electrons. The molecule has 0 radical (unpaired) electrons. The Morgan fingerprint density at radius 2 is 1.65 bits per heavy atom. The van der Waals surface area contributed by atoms with E-state index in [-0.39, 0.29) is 11.5 Å².